The van der Waals surface area contributed by atoms with Crippen molar-refractivity contribution in [3.63, 3.8) is 0 Å². The van der Waals surface area contributed by atoms with Crippen LogP contribution in [-0.2, 0) is 37.2 Å². The molecule has 144 heavy (non-hydrogen) atoms. The van der Waals surface area contributed by atoms with Crippen LogP contribution in [0.25, 0.3) is 218 Å². The first-order chi connectivity index (χ1) is 69.2. The zero-order valence-electron chi connectivity index (χ0n) is 83.8. The Kier molecular flexibility index (Phi) is 21.2. The van der Waals surface area contributed by atoms with Gasteiger partial charge >= 0.3 is 28.5 Å². The van der Waals surface area contributed by atoms with E-state index in [9.17, 15) is 0 Å². The number of benzene rings is 20. The van der Waals surface area contributed by atoms with Crippen molar-refractivity contribution in [2.45, 2.75) is 156 Å². The van der Waals surface area contributed by atoms with Gasteiger partial charge in [-0.3, -0.25) is 0 Å². The van der Waals surface area contributed by atoms with Gasteiger partial charge in [-0.1, -0.05) is 273 Å². The first-order valence-corrected chi connectivity index (χ1v) is 50.1. The first kappa shape index (κ1) is 90.9. The van der Waals surface area contributed by atoms with Crippen LogP contribution >= 0.6 is 0 Å². The molecule has 704 valence electrons. The standard InChI is InChI=1S/4C32H27BO3/c1-31(2)32(3,4)36-33(35-31)22-16-15-20-9-7-12-23(26(20)18-22)24-13-8-10-21-17-28-25-11-5-6-14-29(25)34-30(28)19-27(21)24;1-31(2)32(3,4)36-33(35-31)27-13-7-11-20-15-16-23(18-25(20)27)24-12-8-14-28-30(24)26-17-21-9-5-6-10-22(21)19-29(26)34-28;1-31(2)32(3,4)36-33(35-31)24-16-15-20-13-14-22(17-23(20)18-24)29-25-10-6-5-9-21(25)19-28-30(29)26-11-7-8-12-27(26)34-28;1-31(2)32(3,4)36-33(35-31)26-14-13-20-9-10-21(15-24(20)17-26)22-11-12-23-19-30-28(18-25(23)16-22)27-7-5-6-8-29(27)34-30/h4*5-19H,1-4H3. The SMILES string of the molecule is CC1(C)OB(c2ccc3ccc(-c4c5ccccc5cc5oc6ccccc6c45)cc3c2)OC1(C)C.CC1(C)OB(c2ccc3ccc(-c4ccc5cc6oc7ccccc7c6cc5c4)cc3c2)OC1(C)C.CC1(C)OB(c2ccc3cccc(-c4cccc5cc6c(cc45)oc4ccccc46)c3c2)OC1(C)C.CC1(C)OB(c2cccc3ccc(-c4cccc5oc6cc7ccccc7cc6c45)cc23)OC1(C)C. The number of furan rings is 4. The molecule has 0 atom stereocenters. The smallest absolute Gasteiger partial charge is 0.456 e. The zero-order valence-corrected chi connectivity index (χ0v) is 83.8. The summed E-state index contributed by atoms with van der Waals surface area (Å²) in [7, 11) is -1.55. The van der Waals surface area contributed by atoms with Crippen LogP contribution in [0, 0.1) is 0 Å². The van der Waals surface area contributed by atoms with E-state index < -0.39 is 14.2 Å². The number of hydrogen-bond donors (Lipinski definition) is 0. The third-order valence-corrected chi connectivity index (χ3v) is 32.3. The van der Waals surface area contributed by atoms with Crippen LogP contribution in [0.3, 0.4) is 0 Å². The predicted octanol–water partition coefficient (Wildman–Crippen LogP) is 31.4. The van der Waals surface area contributed by atoms with Gasteiger partial charge in [-0.25, -0.2) is 0 Å². The van der Waals surface area contributed by atoms with Crippen LogP contribution < -0.4 is 21.9 Å². The summed E-state index contributed by atoms with van der Waals surface area (Å²) in [5.41, 5.74) is 18.0. The summed E-state index contributed by atoms with van der Waals surface area (Å²) in [5, 5.41) is 28.1. The molecule has 0 spiro atoms. The Morgan fingerprint density at radius 1 is 0.160 bits per heavy atom. The Morgan fingerprint density at radius 3 is 1.06 bits per heavy atom. The van der Waals surface area contributed by atoms with E-state index in [-0.39, 0.29) is 59.0 Å². The zero-order chi connectivity index (χ0) is 98.6. The molecule has 12 nitrogen and oxygen atoms in total. The summed E-state index contributed by atoms with van der Waals surface area (Å²) in [6, 6.07) is 129. The van der Waals surface area contributed by atoms with Gasteiger partial charge in [0.25, 0.3) is 0 Å². The summed E-state index contributed by atoms with van der Waals surface area (Å²) >= 11 is 0. The molecule has 24 aromatic rings. The highest BCUT2D eigenvalue weighted by molar-refractivity contribution is 6.65. The van der Waals surface area contributed by atoms with E-state index in [1.807, 2.05) is 36.4 Å². The van der Waals surface area contributed by atoms with Crippen molar-refractivity contribution in [3.05, 3.63) is 364 Å². The number of fused-ring (bicyclic) bond motifs is 20. The third kappa shape index (κ3) is 15.5. The van der Waals surface area contributed by atoms with Gasteiger partial charge < -0.3 is 54.9 Å². The number of hydrogen-bond acceptors (Lipinski definition) is 12. The molecule has 8 heterocycles. The van der Waals surface area contributed by atoms with Crippen molar-refractivity contribution >= 4 is 224 Å². The topological polar surface area (TPSA) is 126 Å². The van der Waals surface area contributed by atoms with E-state index in [0.717, 1.165) is 132 Å². The fourth-order valence-electron chi connectivity index (χ4n) is 21.4. The Bertz CT molecular complexity index is 9330. The Labute approximate surface area is 837 Å². The van der Waals surface area contributed by atoms with E-state index in [1.165, 1.54) is 109 Å². The second kappa shape index (κ2) is 33.6. The maximum atomic E-state index is 6.42. The van der Waals surface area contributed by atoms with E-state index in [0.29, 0.717) is 0 Å². The minimum Gasteiger partial charge on any atom is -0.456 e. The molecule has 4 saturated heterocycles. The number of para-hydroxylation sites is 3. The lowest BCUT2D eigenvalue weighted by Crippen LogP contribution is -2.41. The summed E-state index contributed by atoms with van der Waals surface area (Å²) in [6.07, 6.45) is 0. The van der Waals surface area contributed by atoms with Crippen LogP contribution in [0.2, 0.25) is 0 Å². The molecule has 0 N–H and O–H groups in total. The lowest BCUT2D eigenvalue weighted by atomic mass is 9.75. The van der Waals surface area contributed by atoms with Gasteiger partial charge in [0.05, 0.1) is 44.8 Å². The lowest BCUT2D eigenvalue weighted by molar-refractivity contribution is 0.00578. The van der Waals surface area contributed by atoms with Crippen LogP contribution in [0.5, 0.6) is 0 Å². The summed E-state index contributed by atoms with van der Waals surface area (Å²) in [5.74, 6) is 0. The van der Waals surface area contributed by atoms with Crippen molar-refractivity contribution < 1.29 is 54.9 Å². The normalized spacial score (nSPS) is 17.1. The average Bonchev–Trinajstić information content (AvgIpc) is 1.54. The molecule has 0 unspecified atom stereocenters. The van der Waals surface area contributed by atoms with Gasteiger partial charge in [0.15, 0.2) is 0 Å². The van der Waals surface area contributed by atoms with Gasteiger partial charge in [-0.15, -0.1) is 0 Å². The van der Waals surface area contributed by atoms with Gasteiger partial charge in [-0.2, -0.15) is 0 Å². The van der Waals surface area contributed by atoms with Crippen LogP contribution in [0.15, 0.2) is 382 Å². The monoisotopic (exact) mass is 1880 g/mol. The highest BCUT2D eigenvalue weighted by atomic mass is 16.7. The van der Waals surface area contributed by atoms with Gasteiger partial charge in [-0.05, 0) is 349 Å². The molecule has 0 amide bonds. The molecule has 0 aliphatic carbocycles. The highest BCUT2D eigenvalue weighted by Gasteiger charge is 2.55. The van der Waals surface area contributed by atoms with E-state index in [4.69, 9.17) is 54.9 Å². The molecule has 0 saturated carbocycles. The highest BCUT2D eigenvalue weighted by Crippen LogP contribution is 2.49. The van der Waals surface area contributed by atoms with Gasteiger partial charge in [0.1, 0.15) is 44.7 Å². The average molecular weight is 1880 g/mol. The molecular weight excluding hydrogens is 1770 g/mol. The molecule has 4 aromatic heterocycles. The molecule has 0 bridgehead atoms. The van der Waals surface area contributed by atoms with Crippen molar-refractivity contribution in [2.75, 3.05) is 0 Å². The fraction of sp³-hybridized carbons (Fsp3) is 0.188. The Morgan fingerprint density at radius 2 is 0.493 bits per heavy atom. The lowest BCUT2D eigenvalue weighted by Gasteiger charge is -2.32. The quantitative estimate of drug-likeness (QED) is 0.134. The molecule has 20 aromatic carbocycles. The third-order valence-electron chi connectivity index (χ3n) is 32.3. The van der Waals surface area contributed by atoms with Crippen molar-refractivity contribution in [1.82, 2.24) is 0 Å². The fourth-order valence-corrected chi connectivity index (χ4v) is 21.4. The molecule has 28 rings (SSSR count). The summed E-state index contributed by atoms with van der Waals surface area (Å²) < 4.78 is 75.7. The maximum Gasteiger partial charge on any atom is 0.495 e. The van der Waals surface area contributed by atoms with Crippen LogP contribution in [0.1, 0.15) is 111 Å². The largest absolute Gasteiger partial charge is 0.495 e. The second-order valence-corrected chi connectivity index (χ2v) is 43.5. The Balaban J connectivity index is 0.000000101. The summed E-state index contributed by atoms with van der Waals surface area (Å²) in [6.45, 7) is 33.5. The summed E-state index contributed by atoms with van der Waals surface area (Å²) in [4.78, 5) is 0. The Hall–Kier alpha value is -14.4. The molecule has 4 aliphatic rings. The van der Waals surface area contributed by atoms with Gasteiger partial charge in [0.2, 0.25) is 0 Å². The van der Waals surface area contributed by atoms with Crippen molar-refractivity contribution in [2.24, 2.45) is 0 Å². The molecule has 0 radical (unpaired) electrons. The van der Waals surface area contributed by atoms with Crippen LogP contribution in [0.4, 0.5) is 0 Å². The van der Waals surface area contributed by atoms with E-state index in [1.54, 1.807) is 0 Å². The van der Waals surface area contributed by atoms with Crippen molar-refractivity contribution in [3.8, 4) is 44.5 Å². The minimum absolute atomic E-state index is 0.356. The molecular formula is C128H108B4O12. The second-order valence-electron chi connectivity index (χ2n) is 43.5. The van der Waals surface area contributed by atoms with E-state index in [2.05, 4.69) is 438 Å². The van der Waals surface area contributed by atoms with Gasteiger partial charge in [0, 0.05) is 48.7 Å². The molecule has 4 fully saturated rings. The first-order valence-electron chi connectivity index (χ1n) is 50.1. The molecule has 4 aliphatic heterocycles. The van der Waals surface area contributed by atoms with E-state index >= 15 is 0 Å². The molecule has 16 heteroatoms. The van der Waals surface area contributed by atoms with Crippen molar-refractivity contribution in [1.29, 1.82) is 0 Å². The maximum absolute atomic E-state index is 6.42. The predicted molar refractivity (Wildman–Crippen MR) is 600 cm³/mol. The van der Waals surface area contributed by atoms with Crippen LogP contribution in [-0.4, -0.2) is 73.3 Å². The minimum atomic E-state index is -0.411. The number of rotatable bonds is 8.